The number of aromatic carboxylic acids is 1. The summed E-state index contributed by atoms with van der Waals surface area (Å²) in [6, 6.07) is 5.66. The number of rotatable bonds is 10. The van der Waals surface area contributed by atoms with Crippen molar-refractivity contribution in [1.29, 1.82) is 0 Å². The molecule has 2 N–H and O–H groups in total. The molecule has 1 aliphatic heterocycles. The van der Waals surface area contributed by atoms with Gasteiger partial charge in [-0.25, -0.2) is 37.3 Å². The van der Waals surface area contributed by atoms with E-state index in [0.717, 1.165) is 12.8 Å². The van der Waals surface area contributed by atoms with Crippen molar-refractivity contribution < 1.29 is 51.3 Å². The van der Waals surface area contributed by atoms with Gasteiger partial charge in [0.15, 0.2) is 19.1 Å². The van der Waals surface area contributed by atoms with E-state index in [9.17, 15) is 32.3 Å². The highest BCUT2D eigenvalue weighted by atomic mass is 19.3. The molecule has 15 heteroatoms. The van der Waals surface area contributed by atoms with Crippen LogP contribution in [0.3, 0.4) is 0 Å². The number of carboxylic acids is 1. The van der Waals surface area contributed by atoms with Gasteiger partial charge in [0.2, 0.25) is 11.8 Å². The monoisotopic (exact) mass is 626 g/mol. The summed E-state index contributed by atoms with van der Waals surface area (Å²) < 4.78 is 64.0. The van der Waals surface area contributed by atoms with E-state index in [2.05, 4.69) is 19.7 Å². The number of aromatic nitrogens is 3. The number of amides is 1. The van der Waals surface area contributed by atoms with E-state index in [-0.39, 0.29) is 40.8 Å². The molecule has 1 saturated heterocycles. The first-order valence-electron chi connectivity index (χ1n) is 13.6. The number of aryl methyl sites for hydroxylation is 1. The Morgan fingerprint density at radius 1 is 1.02 bits per heavy atom. The van der Waals surface area contributed by atoms with E-state index in [4.69, 9.17) is 14.3 Å². The van der Waals surface area contributed by atoms with Crippen LogP contribution in [0.2, 0.25) is 0 Å². The lowest BCUT2D eigenvalue weighted by Crippen LogP contribution is -2.45. The van der Waals surface area contributed by atoms with Gasteiger partial charge in [-0.15, -0.1) is 0 Å². The second-order valence-electron chi connectivity index (χ2n) is 10.5. The fraction of sp³-hybridized carbons (Fsp3) is 0.483. The maximum Gasteiger partial charge on any atom is 0.341 e. The molecule has 4 heterocycles. The summed E-state index contributed by atoms with van der Waals surface area (Å²) in [4.78, 5) is 37.4. The Bertz CT molecular complexity index is 1410. The van der Waals surface area contributed by atoms with E-state index in [0.29, 0.717) is 23.9 Å². The molecule has 0 radical (unpaired) electrons. The third-order valence-electron chi connectivity index (χ3n) is 6.58. The van der Waals surface area contributed by atoms with Gasteiger partial charge < -0.3 is 29.0 Å². The number of carboxylic acid groups (broad SMARTS) is 1. The molecule has 44 heavy (non-hydrogen) atoms. The lowest BCUT2D eigenvalue weighted by molar-refractivity contribution is 0.0570. The number of ether oxygens (including phenoxy) is 2. The summed E-state index contributed by atoms with van der Waals surface area (Å²) in [5, 5.41) is 18.9. The number of likely N-dealkylation sites (tertiary alicyclic amines) is 1. The number of alkyl halides is 4. The third kappa shape index (κ3) is 9.11. The van der Waals surface area contributed by atoms with Crippen LogP contribution < -0.4 is 9.47 Å². The minimum atomic E-state index is -2.66. The fourth-order valence-electron chi connectivity index (χ4n) is 4.53. The van der Waals surface area contributed by atoms with Crippen LogP contribution in [0.4, 0.5) is 17.6 Å². The topological polar surface area (TPSA) is 148 Å². The first kappa shape index (κ1) is 34.2. The number of aliphatic hydroxyl groups is 1. The minimum Gasteiger partial charge on any atom is -0.477 e. The third-order valence-corrected chi connectivity index (χ3v) is 6.58. The molecule has 240 valence electrons. The second kappa shape index (κ2) is 14.9. The van der Waals surface area contributed by atoms with Crippen molar-refractivity contribution >= 4 is 11.9 Å². The number of oxazole rings is 1. The van der Waals surface area contributed by atoms with Crippen molar-refractivity contribution in [2.24, 2.45) is 0 Å². The molecule has 0 aliphatic carbocycles. The molecule has 0 spiro atoms. The van der Waals surface area contributed by atoms with Gasteiger partial charge in [-0.1, -0.05) is 0 Å². The molecule has 3 aromatic rings. The molecule has 1 amide bonds. The zero-order valence-corrected chi connectivity index (χ0v) is 24.5. The summed E-state index contributed by atoms with van der Waals surface area (Å²) >= 11 is 0. The number of hydrogen-bond acceptors (Lipinski definition) is 9. The first-order valence-corrected chi connectivity index (χ1v) is 13.6. The Labute approximate surface area is 250 Å². The Morgan fingerprint density at radius 2 is 1.57 bits per heavy atom. The van der Waals surface area contributed by atoms with Crippen LogP contribution in [0.5, 0.6) is 11.8 Å². The van der Waals surface area contributed by atoms with Gasteiger partial charge in [0.25, 0.3) is 18.8 Å². The van der Waals surface area contributed by atoms with Gasteiger partial charge in [0.05, 0.1) is 5.92 Å². The van der Waals surface area contributed by atoms with Gasteiger partial charge in [-0.3, -0.25) is 4.79 Å². The molecule has 3 aromatic heterocycles. The Morgan fingerprint density at radius 3 is 2.07 bits per heavy atom. The maximum absolute atomic E-state index is 13.2. The van der Waals surface area contributed by atoms with Crippen molar-refractivity contribution in [1.82, 2.24) is 19.9 Å². The minimum absolute atomic E-state index is 0.0540. The predicted molar refractivity (Wildman–Crippen MR) is 147 cm³/mol. The van der Waals surface area contributed by atoms with Crippen molar-refractivity contribution in [3.63, 3.8) is 0 Å². The van der Waals surface area contributed by atoms with Gasteiger partial charge in [0.1, 0.15) is 28.2 Å². The molecule has 2 atom stereocenters. The first-order chi connectivity index (χ1) is 20.7. The summed E-state index contributed by atoms with van der Waals surface area (Å²) in [5.41, 5.74) is -0.737. The van der Waals surface area contributed by atoms with E-state index in [1.165, 1.54) is 30.6 Å². The predicted octanol–water partition coefficient (Wildman–Crippen LogP) is 5.08. The van der Waals surface area contributed by atoms with E-state index in [1.807, 2.05) is 6.92 Å². The summed E-state index contributed by atoms with van der Waals surface area (Å²) in [5.74, 6) is -1.10. The molecule has 0 aromatic carbocycles. The van der Waals surface area contributed by atoms with Crippen LogP contribution in [0, 0.1) is 6.92 Å². The molecule has 0 unspecified atom stereocenters. The van der Waals surface area contributed by atoms with Gasteiger partial charge in [-0.2, -0.15) is 0 Å². The van der Waals surface area contributed by atoms with Gasteiger partial charge >= 0.3 is 5.97 Å². The molecule has 1 fully saturated rings. The van der Waals surface area contributed by atoms with Crippen molar-refractivity contribution in [3.8, 4) is 11.8 Å². The normalized spacial score (nSPS) is 16.8. The quantitative estimate of drug-likeness (QED) is 0.292. The Hall–Kier alpha value is -4.27. The zero-order valence-electron chi connectivity index (χ0n) is 24.5. The van der Waals surface area contributed by atoms with Gasteiger partial charge in [0, 0.05) is 25.0 Å². The number of carbonyl (C=O) groups is 2. The average Bonchev–Trinajstić information content (AvgIpc) is 3.37. The van der Waals surface area contributed by atoms with Crippen molar-refractivity contribution in [2.45, 2.75) is 70.9 Å². The van der Waals surface area contributed by atoms with Crippen LogP contribution >= 0.6 is 0 Å². The van der Waals surface area contributed by atoms with Crippen LogP contribution in [-0.2, 0) is 5.60 Å². The van der Waals surface area contributed by atoms with Crippen molar-refractivity contribution in [2.75, 3.05) is 19.8 Å². The summed E-state index contributed by atoms with van der Waals surface area (Å²) in [6.45, 7) is 5.64. The Balaban J connectivity index is 0.000000317. The molecular weight excluding hydrogens is 592 g/mol. The molecule has 4 rings (SSSR count). The second-order valence-corrected chi connectivity index (χ2v) is 10.5. The molecule has 0 bridgehead atoms. The Kier molecular flexibility index (Phi) is 11.6. The highest BCUT2D eigenvalue weighted by Crippen LogP contribution is 2.34. The van der Waals surface area contributed by atoms with Crippen LogP contribution in [0.1, 0.15) is 77.6 Å². The highest BCUT2D eigenvalue weighted by molar-refractivity contribution is 5.96. The largest absolute Gasteiger partial charge is 0.477 e. The number of nitrogens with zero attached hydrogens (tertiary/aromatic N) is 4. The van der Waals surface area contributed by atoms with E-state index >= 15 is 0 Å². The van der Waals surface area contributed by atoms with Crippen LogP contribution in [0.15, 0.2) is 41.1 Å². The molecule has 11 nitrogen and oxygen atoms in total. The van der Waals surface area contributed by atoms with Crippen LogP contribution in [-0.4, -0.2) is 80.6 Å². The number of halogens is 4. The smallest absolute Gasteiger partial charge is 0.341 e. The number of carbonyl (C=O) groups excluding carboxylic acids is 1. The number of piperidine rings is 1. The van der Waals surface area contributed by atoms with E-state index in [1.54, 1.807) is 31.7 Å². The maximum atomic E-state index is 13.2. The summed E-state index contributed by atoms with van der Waals surface area (Å²) in [7, 11) is 0. The molecule has 0 saturated carbocycles. The zero-order chi connectivity index (χ0) is 32.6. The van der Waals surface area contributed by atoms with Crippen molar-refractivity contribution in [3.05, 3.63) is 65.1 Å². The molecular formula is C29H34F4N4O7. The lowest BCUT2D eigenvalue weighted by Gasteiger charge is -2.37. The van der Waals surface area contributed by atoms with Crippen LogP contribution in [0.25, 0.3) is 0 Å². The summed E-state index contributed by atoms with van der Waals surface area (Å²) in [6.07, 6.45) is -1.15. The fourth-order valence-corrected chi connectivity index (χ4v) is 4.53. The van der Waals surface area contributed by atoms with E-state index < -0.39 is 37.6 Å². The molecule has 1 aliphatic rings. The standard InChI is InChI=1S/C21H27F2N3O4.C8H7F2NO3/c1-12-7-8-14(18-25-17(13(2)30-18)21(3,4)28)10-26(12)20(27)15-6-5-9-24-19(15)29-11-16(22)23;9-6(10)4-14-7-5(8(12)13)2-1-3-11-7/h5-6,9,12,14,16,28H,7-8,10-11H2,1-4H3;1-3,6H,4H2,(H,12,13)/t12-,14-;/m1./s1. The average molecular weight is 627 g/mol. The highest BCUT2D eigenvalue weighted by Gasteiger charge is 2.35. The SMILES string of the molecule is Cc1oc([C@@H]2CC[C@@H](C)N(C(=O)c3cccnc3OCC(F)F)C2)nc1C(C)(C)O.O=C(O)c1cccnc1OCC(F)F. The van der Waals surface area contributed by atoms with Gasteiger partial charge in [-0.05, 0) is 64.8 Å². The number of pyridine rings is 2. The lowest BCUT2D eigenvalue weighted by atomic mass is 9.92. The number of hydrogen-bond donors (Lipinski definition) is 2.